The van der Waals surface area contributed by atoms with Crippen molar-refractivity contribution in [1.29, 1.82) is 0 Å². The first-order chi connectivity index (χ1) is 6.75. The van der Waals surface area contributed by atoms with Crippen LogP contribution < -0.4 is 11.5 Å². The number of alkyl halides is 5. The van der Waals surface area contributed by atoms with Crippen molar-refractivity contribution in [3.05, 3.63) is 17.3 Å². The number of aromatic nitrogens is 1. The molecule has 1 aromatic heterocycles. The van der Waals surface area contributed by atoms with Gasteiger partial charge in [-0.3, -0.25) is 0 Å². The lowest BCUT2D eigenvalue weighted by molar-refractivity contribution is -0.139. The van der Waals surface area contributed by atoms with Crippen molar-refractivity contribution in [2.24, 2.45) is 0 Å². The Morgan fingerprint density at radius 2 is 1.73 bits per heavy atom. The molecule has 0 unspecified atom stereocenters. The van der Waals surface area contributed by atoms with Crippen molar-refractivity contribution in [3.8, 4) is 0 Å². The number of rotatable bonds is 1. The third-order valence-corrected chi connectivity index (χ3v) is 1.71. The van der Waals surface area contributed by atoms with Gasteiger partial charge in [-0.25, -0.2) is 13.8 Å². The van der Waals surface area contributed by atoms with Crippen molar-refractivity contribution in [2.45, 2.75) is 12.6 Å². The fraction of sp³-hybridized carbons (Fsp3) is 0.286. The number of halogens is 5. The minimum Gasteiger partial charge on any atom is -0.395 e. The van der Waals surface area contributed by atoms with Gasteiger partial charge in [0.15, 0.2) is 0 Å². The Labute approximate surface area is 80.9 Å². The molecule has 4 N–H and O–H groups in total. The molecule has 1 heterocycles. The van der Waals surface area contributed by atoms with Crippen LogP contribution in [0.3, 0.4) is 0 Å². The maximum atomic E-state index is 12.3. The highest BCUT2D eigenvalue weighted by Crippen LogP contribution is 2.39. The van der Waals surface area contributed by atoms with E-state index in [0.29, 0.717) is 0 Å². The Bertz CT molecular complexity index is 374. The normalized spacial score (nSPS) is 12.1. The first-order valence-corrected chi connectivity index (χ1v) is 3.64. The van der Waals surface area contributed by atoms with Crippen molar-refractivity contribution < 1.29 is 22.0 Å². The van der Waals surface area contributed by atoms with Crippen LogP contribution in [0.2, 0.25) is 0 Å². The molecule has 0 aliphatic carbocycles. The van der Waals surface area contributed by atoms with Crippen LogP contribution in [0.4, 0.5) is 33.5 Å². The molecule has 0 atom stereocenters. The van der Waals surface area contributed by atoms with E-state index in [1.165, 1.54) is 0 Å². The molecule has 0 aliphatic heterocycles. The van der Waals surface area contributed by atoms with Gasteiger partial charge in [0.05, 0.1) is 16.8 Å². The van der Waals surface area contributed by atoms with Gasteiger partial charge in [-0.2, -0.15) is 13.2 Å². The van der Waals surface area contributed by atoms with E-state index in [0.717, 1.165) is 0 Å². The van der Waals surface area contributed by atoms with Crippen LogP contribution in [-0.4, -0.2) is 4.98 Å². The summed E-state index contributed by atoms with van der Waals surface area (Å²) < 4.78 is 61.4. The van der Waals surface area contributed by atoms with Crippen LogP contribution in [0.15, 0.2) is 6.20 Å². The minimum atomic E-state index is -4.93. The van der Waals surface area contributed by atoms with Gasteiger partial charge in [-0.05, 0) is 0 Å². The Balaban J connectivity index is 3.47. The topological polar surface area (TPSA) is 64.9 Å². The molecule has 1 aromatic rings. The second-order valence-electron chi connectivity index (χ2n) is 2.68. The molecule has 1 rings (SSSR count). The Morgan fingerprint density at radius 1 is 1.20 bits per heavy atom. The number of nitrogens with two attached hydrogens (primary N) is 2. The van der Waals surface area contributed by atoms with E-state index in [-0.39, 0.29) is 6.20 Å². The fourth-order valence-corrected chi connectivity index (χ4v) is 1.02. The first-order valence-electron chi connectivity index (χ1n) is 3.64. The maximum absolute atomic E-state index is 12.3. The molecule has 84 valence electrons. The monoisotopic (exact) mass is 227 g/mol. The smallest absolute Gasteiger partial charge is 0.395 e. The second-order valence-corrected chi connectivity index (χ2v) is 2.68. The van der Waals surface area contributed by atoms with E-state index in [4.69, 9.17) is 11.5 Å². The average molecular weight is 227 g/mol. The molecule has 0 radical (unpaired) electrons. The van der Waals surface area contributed by atoms with Crippen LogP contribution in [0.1, 0.15) is 17.6 Å². The molecule has 0 fully saturated rings. The summed E-state index contributed by atoms with van der Waals surface area (Å²) in [6.45, 7) is 0. The van der Waals surface area contributed by atoms with Gasteiger partial charge < -0.3 is 11.5 Å². The predicted molar refractivity (Wildman–Crippen MR) is 43.0 cm³/mol. The molecule has 0 aromatic carbocycles. The number of nitrogen functional groups attached to an aromatic ring is 2. The number of hydrogen-bond acceptors (Lipinski definition) is 3. The summed E-state index contributed by atoms with van der Waals surface area (Å²) in [6.07, 6.45) is -8.04. The molecule has 8 heteroatoms. The molecule has 0 amide bonds. The molecule has 0 bridgehead atoms. The summed E-state index contributed by atoms with van der Waals surface area (Å²) in [7, 11) is 0. The summed E-state index contributed by atoms with van der Waals surface area (Å²) in [5, 5.41) is 0. The largest absolute Gasteiger partial charge is 0.418 e. The summed E-state index contributed by atoms with van der Waals surface area (Å²) >= 11 is 0. The van der Waals surface area contributed by atoms with Crippen LogP contribution in [0.25, 0.3) is 0 Å². The minimum absolute atomic E-state index is 0.243. The van der Waals surface area contributed by atoms with Crippen LogP contribution in [-0.2, 0) is 6.18 Å². The highest BCUT2D eigenvalue weighted by atomic mass is 19.4. The highest BCUT2D eigenvalue weighted by Gasteiger charge is 2.37. The predicted octanol–water partition coefficient (Wildman–Crippen LogP) is 2.20. The van der Waals surface area contributed by atoms with Gasteiger partial charge in [-0.15, -0.1) is 0 Å². The molecular weight excluding hydrogens is 221 g/mol. The Morgan fingerprint density at radius 3 is 2.13 bits per heavy atom. The van der Waals surface area contributed by atoms with E-state index < -0.39 is 35.2 Å². The number of hydrogen-bond donors (Lipinski definition) is 2. The van der Waals surface area contributed by atoms with E-state index in [1.807, 2.05) is 0 Å². The lowest BCUT2D eigenvalue weighted by Gasteiger charge is -2.14. The zero-order valence-corrected chi connectivity index (χ0v) is 7.15. The summed E-state index contributed by atoms with van der Waals surface area (Å²) in [6, 6.07) is 0. The first kappa shape index (κ1) is 11.5. The molecule has 0 aliphatic rings. The SMILES string of the molecule is Nc1ncc(C(F)(F)F)c(C(F)F)c1N. The van der Waals surface area contributed by atoms with Gasteiger partial charge >= 0.3 is 6.18 Å². The second kappa shape index (κ2) is 3.52. The number of pyridine rings is 1. The summed E-state index contributed by atoms with van der Waals surface area (Å²) in [5.41, 5.74) is 6.32. The Kier molecular flexibility index (Phi) is 2.69. The van der Waals surface area contributed by atoms with E-state index in [1.54, 1.807) is 0 Å². The molecule has 0 spiro atoms. The molecule has 3 nitrogen and oxygen atoms in total. The maximum Gasteiger partial charge on any atom is 0.418 e. The van der Waals surface area contributed by atoms with Crippen molar-refractivity contribution in [1.82, 2.24) is 4.98 Å². The van der Waals surface area contributed by atoms with Gasteiger partial charge in [0.25, 0.3) is 6.43 Å². The number of nitrogens with zero attached hydrogens (tertiary/aromatic N) is 1. The van der Waals surface area contributed by atoms with Crippen molar-refractivity contribution in [3.63, 3.8) is 0 Å². The zero-order valence-electron chi connectivity index (χ0n) is 7.15. The van der Waals surface area contributed by atoms with Crippen LogP contribution in [0, 0.1) is 0 Å². The van der Waals surface area contributed by atoms with Crippen LogP contribution >= 0.6 is 0 Å². The molecule has 0 saturated heterocycles. The van der Waals surface area contributed by atoms with Gasteiger partial charge in [0, 0.05) is 6.20 Å². The Hall–Kier alpha value is -1.60. The molecular formula is C7H6F5N3. The van der Waals surface area contributed by atoms with Gasteiger partial charge in [0.1, 0.15) is 5.82 Å². The summed E-state index contributed by atoms with van der Waals surface area (Å²) in [4.78, 5) is 3.09. The van der Waals surface area contributed by atoms with Crippen molar-refractivity contribution in [2.75, 3.05) is 11.5 Å². The van der Waals surface area contributed by atoms with E-state index in [9.17, 15) is 22.0 Å². The lowest BCUT2D eigenvalue weighted by atomic mass is 10.1. The quantitative estimate of drug-likeness (QED) is 0.723. The molecule has 15 heavy (non-hydrogen) atoms. The number of anilines is 2. The van der Waals surface area contributed by atoms with Gasteiger partial charge in [0.2, 0.25) is 0 Å². The van der Waals surface area contributed by atoms with Crippen LogP contribution in [0.5, 0.6) is 0 Å². The zero-order chi connectivity index (χ0) is 11.8. The fourth-order valence-electron chi connectivity index (χ4n) is 1.02. The van der Waals surface area contributed by atoms with E-state index in [2.05, 4.69) is 4.98 Å². The standard InChI is InChI=1S/C7H6F5N3/c8-5(9)3-2(7(10,11)12)1-15-6(14)4(3)13/h1,5H,13H2,(H2,14,15). The van der Waals surface area contributed by atoms with Gasteiger partial charge in [-0.1, -0.05) is 0 Å². The van der Waals surface area contributed by atoms with E-state index >= 15 is 0 Å². The third kappa shape index (κ3) is 2.08. The summed E-state index contributed by atoms with van der Waals surface area (Å²) in [5.74, 6) is -0.543. The van der Waals surface area contributed by atoms with Crippen molar-refractivity contribution >= 4 is 11.5 Å². The highest BCUT2D eigenvalue weighted by molar-refractivity contribution is 5.65. The molecule has 0 saturated carbocycles. The average Bonchev–Trinajstić information content (AvgIpc) is 2.06. The third-order valence-electron chi connectivity index (χ3n) is 1.71. The lowest BCUT2D eigenvalue weighted by Crippen LogP contribution is -2.14.